The zero-order valence-corrected chi connectivity index (χ0v) is 15.7. The van der Waals surface area contributed by atoms with Crippen LogP contribution in [0, 0.1) is 12.7 Å². The first-order valence-corrected chi connectivity index (χ1v) is 9.16. The number of amides is 2. The van der Waals surface area contributed by atoms with Crippen molar-refractivity contribution >= 4 is 11.8 Å². The Morgan fingerprint density at radius 1 is 1.14 bits per heavy atom. The van der Waals surface area contributed by atoms with E-state index in [1.165, 1.54) is 12.1 Å². The summed E-state index contributed by atoms with van der Waals surface area (Å²) in [5.41, 5.74) is 2.29. The van der Waals surface area contributed by atoms with Gasteiger partial charge in [-0.25, -0.2) is 9.07 Å². The van der Waals surface area contributed by atoms with Gasteiger partial charge < -0.3 is 10.2 Å². The van der Waals surface area contributed by atoms with Gasteiger partial charge in [-0.05, 0) is 36.8 Å². The zero-order chi connectivity index (χ0) is 20.4. The highest BCUT2D eigenvalue weighted by Crippen LogP contribution is 2.14. The topological polar surface area (TPSA) is 93.0 Å². The molecule has 2 amide bonds. The second kappa shape index (κ2) is 7.78. The summed E-state index contributed by atoms with van der Waals surface area (Å²) >= 11 is 0. The molecule has 0 bridgehead atoms. The second-order valence-electron chi connectivity index (χ2n) is 6.92. The number of aromatic nitrogens is 4. The van der Waals surface area contributed by atoms with Crippen molar-refractivity contribution in [2.45, 2.75) is 19.5 Å². The third kappa shape index (κ3) is 3.98. The van der Waals surface area contributed by atoms with E-state index in [2.05, 4.69) is 20.6 Å². The Bertz CT molecular complexity index is 1030. The summed E-state index contributed by atoms with van der Waals surface area (Å²) in [5.74, 6) is -0.714. The van der Waals surface area contributed by atoms with E-state index in [-0.39, 0.29) is 29.4 Å². The summed E-state index contributed by atoms with van der Waals surface area (Å²) in [5, 5.41) is 10.9. The van der Waals surface area contributed by atoms with Crippen LogP contribution in [0.25, 0.3) is 0 Å². The minimum atomic E-state index is -0.325. The highest BCUT2D eigenvalue weighted by atomic mass is 19.1. The highest BCUT2D eigenvalue weighted by molar-refractivity contribution is 5.96. The fourth-order valence-corrected chi connectivity index (χ4v) is 3.15. The fourth-order valence-electron chi connectivity index (χ4n) is 3.15. The summed E-state index contributed by atoms with van der Waals surface area (Å²) in [6, 6.07) is 9.29. The van der Waals surface area contributed by atoms with Crippen molar-refractivity contribution in [2.24, 2.45) is 0 Å². The van der Waals surface area contributed by atoms with Crippen molar-refractivity contribution in [3.05, 3.63) is 77.1 Å². The third-order valence-corrected chi connectivity index (χ3v) is 4.87. The number of rotatable bonds is 5. The van der Waals surface area contributed by atoms with Gasteiger partial charge in [-0.15, -0.1) is 5.10 Å². The van der Waals surface area contributed by atoms with E-state index in [1.54, 1.807) is 53.2 Å². The van der Waals surface area contributed by atoms with Gasteiger partial charge in [0.25, 0.3) is 11.8 Å². The maximum absolute atomic E-state index is 13.0. The van der Waals surface area contributed by atoms with Crippen LogP contribution in [0.4, 0.5) is 4.39 Å². The lowest BCUT2D eigenvalue weighted by Gasteiger charge is -2.39. The van der Waals surface area contributed by atoms with Crippen LogP contribution >= 0.6 is 0 Å². The Morgan fingerprint density at radius 2 is 1.83 bits per heavy atom. The first kappa shape index (κ1) is 18.7. The lowest BCUT2D eigenvalue weighted by atomic mass is 10.1. The van der Waals surface area contributed by atoms with Gasteiger partial charge in [0, 0.05) is 31.0 Å². The van der Waals surface area contributed by atoms with E-state index in [0.29, 0.717) is 30.9 Å². The molecule has 0 aliphatic carbocycles. The molecular weight excluding hydrogens is 375 g/mol. The highest BCUT2D eigenvalue weighted by Gasteiger charge is 2.33. The zero-order valence-electron chi connectivity index (χ0n) is 15.7. The van der Waals surface area contributed by atoms with Crippen molar-refractivity contribution in [1.29, 1.82) is 0 Å². The van der Waals surface area contributed by atoms with E-state index in [9.17, 15) is 14.0 Å². The van der Waals surface area contributed by atoms with Crippen LogP contribution in [0.15, 0.2) is 48.8 Å². The van der Waals surface area contributed by atoms with Crippen LogP contribution < -0.4 is 5.32 Å². The lowest BCUT2D eigenvalue weighted by molar-refractivity contribution is 0.0541. The Morgan fingerprint density at radius 3 is 2.52 bits per heavy atom. The minimum absolute atomic E-state index is 0.0840. The van der Waals surface area contributed by atoms with E-state index in [0.717, 1.165) is 5.56 Å². The van der Waals surface area contributed by atoms with Crippen LogP contribution in [-0.2, 0) is 6.54 Å². The molecule has 1 aliphatic heterocycles. The predicted molar refractivity (Wildman–Crippen MR) is 102 cm³/mol. The largest absolute Gasteiger partial charge is 0.344 e. The average Bonchev–Trinajstić information content (AvgIpc) is 3.06. The molecule has 9 heteroatoms. The maximum atomic E-state index is 13.0. The van der Waals surface area contributed by atoms with Crippen LogP contribution in [-0.4, -0.2) is 55.8 Å². The molecule has 0 spiro atoms. The number of hydrogen-bond acceptors (Lipinski definition) is 5. The molecule has 0 atom stereocenters. The van der Waals surface area contributed by atoms with Gasteiger partial charge in [-0.2, -0.15) is 0 Å². The van der Waals surface area contributed by atoms with Gasteiger partial charge in [0.05, 0.1) is 18.3 Å². The van der Waals surface area contributed by atoms with Gasteiger partial charge in [0.15, 0.2) is 5.69 Å². The monoisotopic (exact) mass is 394 g/mol. The molecule has 3 aromatic rings. The van der Waals surface area contributed by atoms with Crippen LogP contribution in [0.2, 0.25) is 0 Å². The SMILES string of the molecule is Cc1c(C(=O)NC2CN(C(=O)c3ccncc3)C2)nnn1Cc1ccc(F)cc1. The molecule has 3 heterocycles. The third-order valence-electron chi connectivity index (χ3n) is 4.87. The molecule has 1 aliphatic rings. The summed E-state index contributed by atoms with van der Waals surface area (Å²) < 4.78 is 14.6. The molecular formula is C20H19FN6O2. The van der Waals surface area contributed by atoms with Crippen LogP contribution in [0.1, 0.15) is 32.1 Å². The van der Waals surface area contributed by atoms with Gasteiger partial charge in [-0.3, -0.25) is 14.6 Å². The van der Waals surface area contributed by atoms with E-state index in [1.807, 2.05) is 0 Å². The number of benzene rings is 1. The molecule has 0 unspecified atom stereocenters. The molecule has 1 aromatic carbocycles. The Balaban J connectivity index is 1.33. The second-order valence-corrected chi connectivity index (χ2v) is 6.92. The summed E-state index contributed by atoms with van der Waals surface area (Å²) in [4.78, 5) is 30.4. The molecule has 8 nitrogen and oxygen atoms in total. The van der Waals surface area contributed by atoms with Crippen LogP contribution in [0.5, 0.6) is 0 Å². The Kier molecular flexibility index (Phi) is 5.03. The molecule has 1 saturated heterocycles. The van der Waals surface area contributed by atoms with E-state index in [4.69, 9.17) is 0 Å². The smallest absolute Gasteiger partial charge is 0.274 e. The van der Waals surface area contributed by atoms with Gasteiger partial charge >= 0.3 is 0 Å². The predicted octanol–water partition coefficient (Wildman–Crippen LogP) is 1.42. The summed E-state index contributed by atoms with van der Waals surface area (Å²) in [7, 11) is 0. The Labute approximate surface area is 166 Å². The van der Waals surface area contributed by atoms with Crippen molar-refractivity contribution in [1.82, 2.24) is 30.2 Å². The van der Waals surface area contributed by atoms with E-state index >= 15 is 0 Å². The number of pyridine rings is 1. The molecule has 4 rings (SSSR count). The minimum Gasteiger partial charge on any atom is -0.344 e. The lowest BCUT2D eigenvalue weighted by Crippen LogP contribution is -2.61. The molecule has 1 fully saturated rings. The number of carbonyl (C=O) groups is 2. The van der Waals surface area contributed by atoms with E-state index < -0.39 is 0 Å². The standard InChI is InChI=1S/C20H19FN6O2/c1-13-18(24-25-27(13)10-14-2-4-16(21)5-3-14)19(28)23-17-11-26(12-17)20(29)15-6-8-22-9-7-15/h2-9,17H,10-12H2,1H3,(H,23,28). The van der Waals surface area contributed by atoms with Crippen LogP contribution in [0.3, 0.4) is 0 Å². The average molecular weight is 394 g/mol. The number of nitrogens with one attached hydrogen (secondary N) is 1. The molecule has 0 saturated carbocycles. The normalized spacial score (nSPS) is 13.8. The van der Waals surface area contributed by atoms with Gasteiger partial charge in [0.1, 0.15) is 5.82 Å². The maximum Gasteiger partial charge on any atom is 0.274 e. The molecule has 148 valence electrons. The number of halogens is 1. The fraction of sp³-hybridized carbons (Fsp3) is 0.250. The number of hydrogen-bond donors (Lipinski definition) is 1. The molecule has 29 heavy (non-hydrogen) atoms. The number of carbonyl (C=O) groups excluding carboxylic acids is 2. The number of nitrogens with zero attached hydrogens (tertiary/aromatic N) is 5. The first-order chi connectivity index (χ1) is 14.0. The summed E-state index contributed by atoms with van der Waals surface area (Å²) in [6.07, 6.45) is 3.15. The first-order valence-electron chi connectivity index (χ1n) is 9.16. The van der Waals surface area contributed by atoms with Crippen molar-refractivity contribution < 1.29 is 14.0 Å². The Hall–Kier alpha value is -3.62. The number of likely N-dealkylation sites (tertiary alicyclic amines) is 1. The molecule has 1 N–H and O–H groups in total. The van der Waals surface area contributed by atoms with Crippen molar-refractivity contribution in [2.75, 3.05) is 13.1 Å². The quantitative estimate of drug-likeness (QED) is 0.707. The van der Waals surface area contributed by atoms with Gasteiger partial charge in [-0.1, -0.05) is 17.3 Å². The van der Waals surface area contributed by atoms with Crippen molar-refractivity contribution in [3.8, 4) is 0 Å². The van der Waals surface area contributed by atoms with Crippen molar-refractivity contribution in [3.63, 3.8) is 0 Å². The molecule has 0 radical (unpaired) electrons. The summed E-state index contributed by atoms with van der Waals surface area (Å²) in [6.45, 7) is 3.04. The van der Waals surface area contributed by atoms with Gasteiger partial charge in [0.2, 0.25) is 0 Å². The molecule has 2 aromatic heterocycles.